The number of hydrogen-bond donors (Lipinski definition) is 1. The molecular formula is C16H11N4O5-. The van der Waals surface area contributed by atoms with E-state index in [-0.39, 0.29) is 11.6 Å². The third kappa shape index (κ3) is 2.78. The van der Waals surface area contributed by atoms with Crippen LogP contribution in [0.4, 0.5) is 11.4 Å². The summed E-state index contributed by atoms with van der Waals surface area (Å²) < 4.78 is 1.47. The first-order valence-corrected chi connectivity index (χ1v) is 7.08. The molecule has 0 aliphatic carbocycles. The summed E-state index contributed by atoms with van der Waals surface area (Å²) in [5.74, 6) is -1.92. The number of carbonyl (C=O) groups excluding carboxylic acids is 1. The lowest BCUT2D eigenvalue weighted by Crippen LogP contribution is -2.03. The zero-order valence-corrected chi connectivity index (χ0v) is 12.9. The lowest BCUT2D eigenvalue weighted by molar-refractivity contribution is -0.385. The summed E-state index contributed by atoms with van der Waals surface area (Å²) in [6.07, 6.45) is 0. The van der Waals surface area contributed by atoms with Gasteiger partial charge in [0.1, 0.15) is 0 Å². The Balaban J connectivity index is 2.01. The van der Waals surface area contributed by atoms with E-state index in [1.165, 1.54) is 4.57 Å². The molecule has 2 aromatic carbocycles. The van der Waals surface area contributed by atoms with Crippen LogP contribution in [0.3, 0.4) is 0 Å². The second-order valence-electron chi connectivity index (χ2n) is 5.19. The molecular weight excluding hydrogens is 328 g/mol. The summed E-state index contributed by atoms with van der Waals surface area (Å²) in [7, 11) is 1.62. The van der Waals surface area contributed by atoms with Gasteiger partial charge in [-0.3, -0.25) is 14.9 Å². The summed E-state index contributed by atoms with van der Waals surface area (Å²) in [6, 6.07) is 9.75. The Hall–Kier alpha value is -3.75. The number of non-ortho nitro benzene ring substituents is 1. The van der Waals surface area contributed by atoms with Crippen LogP contribution in [0.5, 0.6) is 11.6 Å². The first-order valence-electron chi connectivity index (χ1n) is 7.08. The van der Waals surface area contributed by atoms with Crippen LogP contribution in [-0.2, 0) is 7.05 Å². The van der Waals surface area contributed by atoms with Crippen molar-refractivity contribution in [3.63, 3.8) is 0 Å². The molecule has 3 aromatic rings. The molecule has 0 atom stereocenters. The second kappa shape index (κ2) is 6.04. The number of hydrogen-bond acceptors (Lipinski definition) is 6. The molecule has 1 amide bonds. The maximum absolute atomic E-state index is 12.1. The predicted molar refractivity (Wildman–Crippen MR) is 86.0 cm³/mol. The van der Waals surface area contributed by atoms with Crippen molar-refractivity contribution in [2.75, 3.05) is 0 Å². The van der Waals surface area contributed by atoms with Gasteiger partial charge in [0.05, 0.1) is 10.4 Å². The van der Waals surface area contributed by atoms with Gasteiger partial charge in [-0.25, -0.2) is 0 Å². The minimum atomic E-state index is -1.03. The highest BCUT2D eigenvalue weighted by atomic mass is 16.6. The standard InChI is InChI=1S/C16H12N4O5/c1-19-12-5-3-2-4-10(12)14(16(19)23)17-18-15(22)11-8-9(20(24)25)6-7-13(11)21/h2-8,21,23H,1H3/p-1. The van der Waals surface area contributed by atoms with Crippen LogP contribution < -0.4 is 5.11 Å². The summed E-state index contributed by atoms with van der Waals surface area (Å²) in [6.45, 7) is 0. The fraction of sp³-hybridized carbons (Fsp3) is 0.0625. The third-order valence-corrected chi connectivity index (χ3v) is 3.70. The number of nitrogens with zero attached hydrogens (tertiary/aromatic N) is 4. The molecule has 0 unspecified atom stereocenters. The molecule has 0 saturated carbocycles. The quantitative estimate of drug-likeness (QED) is 0.445. The molecule has 0 saturated heterocycles. The molecule has 3 rings (SSSR count). The highest BCUT2D eigenvalue weighted by Crippen LogP contribution is 2.37. The van der Waals surface area contributed by atoms with E-state index < -0.39 is 27.8 Å². The summed E-state index contributed by atoms with van der Waals surface area (Å²) in [4.78, 5) is 22.1. The van der Waals surface area contributed by atoms with Crippen molar-refractivity contribution >= 4 is 28.2 Å². The van der Waals surface area contributed by atoms with Crippen molar-refractivity contribution in [1.82, 2.24) is 4.57 Å². The van der Waals surface area contributed by atoms with Gasteiger partial charge in [-0.15, -0.1) is 10.2 Å². The number of aromatic hydroxyl groups is 1. The lowest BCUT2D eigenvalue weighted by Gasteiger charge is -2.08. The van der Waals surface area contributed by atoms with Crippen LogP contribution in [-0.4, -0.2) is 20.5 Å². The Bertz CT molecular complexity index is 1040. The van der Waals surface area contributed by atoms with Crippen molar-refractivity contribution < 1.29 is 19.9 Å². The number of nitro benzene ring substituents is 1. The summed E-state index contributed by atoms with van der Waals surface area (Å²) >= 11 is 0. The van der Waals surface area contributed by atoms with Crippen molar-refractivity contribution in [2.45, 2.75) is 0 Å². The number of aryl methyl sites for hydroxylation is 1. The van der Waals surface area contributed by atoms with E-state index >= 15 is 0 Å². The second-order valence-corrected chi connectivity index (χ2v) is 5.19. The third-order valence-electron chi connectivity index (χ3n) is 3.70. The van der Waals surface area contributed by atoms with Gasteiger partial charge in [0.25, 0.3) is 11.6 Å². The number of amides is 1. The lowest BCUT2D eigenvalue weighted by atomic mass is 10.1. The molecule has 0 radical (unpaired) electrons. The molecule has 9 heteroatoms. The van der Waals surface area contributed by atoms with Crippen LogP contribution >= 0.6 is 0 Å². The van der Waals surface area contributed by atoms with Gasteiger partial charge in [-0.05, 0) is 6.07 Å². The van der Waals surface area contributed by atoms with E-state index in [1.54, 1.807) is 31.3 Å². The highest BCUT2D eigenvalue weighted by Gasteiger charge is 2.16. The number of nitro groups is 1. The van der Waals surface area contributed by atoms with Crippen LogP contribution in [0, 0.1) is 10.1 Å². The summed E-state index contributed by atoms with van der Waals surface area (Å²) in [5.41, 5.74) is -0.102. The Morgan fingerprint density at radius 1 is 1.24 bits per heavy atom. The minimum absolute atomic E-state index is 0.0735. The van der Waals surface area contributed by atoms with Gasteiger partial charge < -0.3 is 14.8 Å². The maximum atomic E-state index is 12.1. The van der Waals surface area contributed by atoms with Crippen molar-refractivity contribution in [1.29, 1.82) is 0 Å². The molecule has 126 valence electrons. The van der Waals surface area contributed by atoms with Gasteiger partial charge in [-0.1, -0.05) is 30.0 Å². The Morgan fingerprint density at radius 3 is 2.68 bits per heavy atom. The minimum Gasteiger partial charge on any atom is -0.872 e. The van der Waals surface area contributed by atoms with Crippen molar-refractivity contribution in [2.24, 2.45) is 17.3 Å². The highest BCUT2D eigenvalue weighted by molar-refractivity contribution is 5.99. The first kappa shape index (κ1) is 16.1. The molecule has 0 spiro atoms. The predicted octanol–water partition coefficient (Wildman–Crippen LogP) is 2.79. The Morgan fingerprint density at radius 2 is 1.96 bits per heavy atom. The molecule has 9 nitrogen and oxygen atoms in total. The smallest absolute Gasteiger partial charge is 0.295 e. The SMILES string of the molecule is Cn1c(O)c(N=NC(=O)c2cc([N+](=O)[O-])ccc2[O-])c2ccccc21. The van der Waals surface area contributed by atoms with Crippen molar-refractivity contribution in [3.8, 4) is 11.6 Å². The number of aromatic nitrogens is 1. The monoisotopic (exact) mass is 339 g/mol. The average molecular weight is 339 g/mol. The molecule has 0 bridgehead atoms. The zero-order chi connectivity index (χ0) is 18.1. The number of azo groups is 1. The largest absolute Gasteiger partial charge is 0.872 e. The normalized spacial score (nSPS) is 11.2. The van der Waals surface area contributed by atoms with E-state index in [0.29, 0.717) is 10.9 Å². The van der Waals surface area contributed by atoms with E-state index in [4.69, 9.17) is 0 Å². The topological polar surface area (TPSA) is 133 Å². The maximum Gasteiger partial charge on any atom is 0.295 e. The number of fused-ring (bicyclic) bond motifs is 1. The van der Waals surface area contributed by atoms with Crippen LogP contribution in [0.15, 0.2) is 52.7 Å². The zero-order valence-electron chi connectivity index (χ0n) is 12.9. The molecule has 0 fully saturated rings. The van der Waals surface area contributed by atoms with Crippen LogP contribution in [0.1, 0.15) is 10.4 Å². The fourth-order valence-electron chi connectivity index (χ4n) is 2.41. The summed E-state index contributed by atoms with van der Waals surface area (Å²) in [5, 5.41) is 40.4. The molecule has 25 heavy (non-hydrogen) atoms. The molecule has 1 N–H and O–H groups in total. The van der Waals surface area contributed by atoms with Gasteiger partial charge in [0.15, 0.2) is 5.69 Å². The van der Waals surface area contributed by atoms with Crippen molar-refractivity contribution in [3.05, 3.63) is 58.1 Å². The van der Waals surface area contributed by atoms with Gasteiger partial charge in [0.2, 0.25) is 5.88 Å². The van der Waals surface area contributed by atoms with Crippen LogP contribution in [0.2, 0.25) is 0 Å². The van der Waals surface area contributed by atoms with Crippen LogP contribution in [0.25, 0.3) is 10.9 Å². The molecule has 0 aliphatic rings. The number of carbonyl (C=O) groups is 1. The first-order chi connectivity index (χ1) is 11.9. The van der Waals surface area contributed by atoms with E-state index in [1.807, 2.05) is 0 Å². The number of benzene rings is 2. The molecule has 0 aliphatic heterocycles. The van der Waals surface area contributed by atoms with Gasteiger partial charge in [-0.2, -0.15) is 0 Å². The van der Waals surface area contributed by atoms with E-state index in [2.05, 4.69) is 10.2 Å². The molecule has 1 aromatic heterocycles. The number of para-hydroxylation sites is 1. The number of rotatable bonds is 3. The molecule has 1 heterocycles. The Labute approximate surface area is 140 Å². The Kier molecular flexibility index (Phi) is 3.89. The van der Waals surface area contributed by atoms with Gasteiger partial charge in [0, 0.05) is 30.1 Å². The van der Waals surface area contributed by atoms with E-state index in [0.717, 1.165) is 18.2 Å². The fourth-order valence-corrected chi connectivity index (χ4v) is 2.41. The average Bonchev–Trinajstić information content (AvgIpc) is 2.84. The van der Waals surface area contributed by atoms with E-state index in [9.17, 15) is 25.1 Å². The van der Waals surface area contributed by atoms with Gasteiger partial charge >= 0.3 is 0 Å².